The molecular formula is C16H17FN8O. The molecule has 10 heteroatoms. The fraction of sp³-hybridized carbons (Fsp3) is 0.438. The molecule has 0 atom stereocenters. The van der Waals surface area contributed by atoms with E-state index in [0.717, 1.165) is 24.0 Å². The van der Waals surface area contributed by atoms with Crippen LogP contribution < -0.4 is 15.4 Å². The highest BCUT2D eigenvalue weighted by molar-refractivity contribution is 5.86. The maximum absolute atomic E-state index is 14.0. The molecule has 4 heterocycles. The summed E-state index contributed by atoms with van der Waals surface area (Å²) in [6.45, 7) is 2.72. The van der Waals surface area contributed by atoms with Crippen LogP contribution in [0, 0.1) is 5.82 Å². The SMILES string of the molecule is O=c1[nH]c(N2CCN(c3ncnc4[nH]ncc34)CC2)nc(C2CC2)c1F. The molecule has 1 saturated carbocycles. The van der Waals surface area contributed by atoms with Crippen LogP contribution in [-0.4, -0.2) is 56.3 Å². The Bertz CT molecular complexity index is 1020. The van der Waals surface area contributed by atoms with E-state index in [1.165, 1.54) is 6.33 Å². The molecule has 2 N–H and O–H groups in total. The van der Waals surface area contributed by atoms with Crippen molar-refractivity contribution in [1.82, 2.24) is 30.1 Å². The Morgan fingerprint density at radius 1 is 1.12 bits per heavy atom. The zero-order valence-electron chi connectivity index (χ0n) is 13.9. The van der Waals surface area contributed by atoms with Crippen LogP contribution in [0.1, 0.15) is 24.5 Å². The maximum atomic E-state index is 14.0. The second-order valence-electron chi connectivity index (χ2n) is 6.67. The minimum absolute atomic E-state index is 0.0905. The molecule has 0 amide bonds. The summed E-state index contributed by atoms with van der Waals surface area (Å²) in [7, 11) is 0. The predicted octanol–water partition coefficient (Wildman–Crippen LogP) is 0.779. The van der Waals surface area contributed by atoms with Gasteiger partial charge in [-0.3, -0.25) is 14.9 Å². The van der Waals surface area contributed by atoms with Gasteiger partial charge in [0, 0.05) is 32.1 Å². The molecule has 0 aromatic carbocycles. The van der Waals surface area contributed by atoms with Crippen molar-refractivity contribution in [2.45, 2.75) is 18.8 Å². The van der Waals surface area contributed by atoms with Crippen LogP contribution in [0.3, 0.4) is 0 Å². The molecule has 0 radical (unpaired) electrons. The summed E-state index contributed by atoms with van der Waals surface area (Å²) < 4.78 is 14.0. The molecule has 0 spiro atoms. The van der Waals surface area contributed by atoms with Crippen molar-refractivity contribution >= 4 is 22.8 Å². The Morgan fingerprint density at radius 3 is 2.65 bits per heavy atom. The second-order valence-corrected chi connectivity index (χ2v) is 6.67. The van der Waals surface area contributed by atoms with E-state index in [1.807, 2.05) is 4.90 Å². The van der Waals surface area contributed by atoms with Crippen LogP contribution in [0.25, 0.3) is 11.0 Å². The van der Waals surface area contributed by atoms with Gasteiger partial charge in [-0.25, -0.2) is 15.0 Å². The van der Waals surface area contributed by atoms with Crippen LogP contribution in [0.2, 0.25) is 0 Å². The number of hydrogen-bond donors (Lipinski definition) is 2. The maximum Gasteiger partial charge on any atom is 0.288 e. The largest absolute Gasteiger partial charge is 0.352 e. The average molecular weight is 356 g/mol. The molecule has 5 rings (SSSR count). The molecule has 9 nitrogen and oxygen atoms in total. The van der Waals surface area contributed by atoms with Gasteiger partial charge in [-0.1, -0.05) is 0 Å². The number of nitrogens with zero attached hydrogens (tertiary/aromatic N) is 6. The zero-order chi connectivity index (χ0) is 17.7. The van der Waals surface area contributed by atoms with Gasteiger partial charge >= 0.3 is 0 Å². The molecule has 2 fully saturated rings. The summed E-state index contributed by atoms with van der Waals surface area (Å²) in [6.07, 6.45) is 5.03. The van der Waals surface area contributed by atoms with Crippen molar-refractivity contribution in [2.24, 2.45) is 0 Å². The van der Waals surface area contributed by atoms with Gasteiger partial charge in [0.15, 0.2) is 5.65 Å². The van der Waals surface area contributed by atoms with Gasteiger partial charge in [-0.2, -0.15) is 9.49 Å². The molecule has 26 heavy (non-hydrogen) atoms. The molecular weight excluding hydrogens is 339 g/mol. The summed E-state index contributed by atoms with van der Waals surface area (Å²) >= 11 is 0. The van der Waals surface area contributed by atoms with Crippen molar-refractivity contribution in [1.29, 1.82) is 0 Å². The number of nitrogens with one attached hydrogen (secondary N) is 2. The number of rotatable bonds is 3. The number of piperazine rings is 1. The first-order valence-corrected chi connectivity index (χ1v) is 8.64. The third-order valence-electron chi connectivity index (χ3n) is 4.95. The predicted molar refractivity (Wildman–Crippen MR) is 92.9 cm³/mol. The highest BCUT2D eigenvalue weighted by atomic mass is 19.1. The van der Waals surface area contributed by atoms with Crippen molar-refractivity contribution in [3.63, 3.8) is 0 Å². The Hall–Kier alpha value is -3.04. The normalized spacial score (nSPS) is 17.9. The number of hydrogen-bond acceptors (Lipinski definition) is 7. The molecule has 2 aliphatic rings. The molecule has 1 saturated heterocycles. The fourth-order valence-electron chi connectivity index (χ4n) is 3.38. The number of H-pyrrole nitrogens is 2. The lowest BCUT2D eigenvalue weighted by Crippen LogP contribution is -2.48. The van der Waals surface area contributed by atoms with Gasteiger partial charge in [0.25, 0.3) is 5.56 Å². The highest BCUT2D eigenvalue weighted by Crippen LogP contribution is 2.39. The molecule has 3 aromatic heterocycles. The van der Waals surface area contributed by atoms with Gasteiger partial charge in [0.2, 0.25) is 11.8 Å². The first-order chi connectivity index (χ1) is 12.7. The van der Waals surface area contributed by atoms with Gasteiger partial charge in [0.05, 0.1) is 17.3 Å². The van der Waals surface area contributed by atoms with E-state index < -0.39 is 11.4 Å². The van der Waals surface area contributed by atoms with E-state index in [-0.39, 0.29) is 5.92 Å². The lowest BCUT2D eigenvalue weighted by Gasteiger charge is -2.35. The lowest BCUT2D eigenvalue weighted by atomic mass is 10.2. The summed E-state index contributed by atoms with van der Waals surface area (Å²) in [5.41, 5.74) is 0.327. The van der Waals surface area contributed by atoms with Crippen LogP contribution in [0.4, 0.5) is 16.2 Å². The minimum Gasteiger partial charge on any atom is -0.352 e. The highest BCUT2D eigenvalue weighted by Gasteiger charge is 2.31. The van der Waals surface area contributed by atoms with Crippen LogP contribution in [0.15, 0.2) is 17.3 Å². The zero-order valence-corrected chi connectivity index (χ0v) is 13.9. The standard InChI is InChI=1S/C16H17FN8O/c17-11-12(9-1-2-9)21-16(22-15(11)26)25-5-3-24(4-6-25)14-10-7-20-23-13(10)18-8-19-14/h7-9H,1-6H2,(H,21,22,26)(H,18,19,20,23). The fourth-order valence-corrected chi connectivity index (χ4v) is 3.38. The number of aromatic nitrogens is 6. The van der Waals surface area contributed by atoms with Gasteiger partial charge < -0.3 is 9.80 Å². The number of fused-ring (bicyclic) bond motifs is 1. The molecule has 3 aromatic rings. The molecule has 1 aliphatic heterocycles. The van der Waals surface area contributed by atoms with Gasteiger partial charge in [0.1, 0.15) is 12.1 Å². The minimum atomic E-state index is -0.738. The topological polar surface area (TPSA) is 107 Å². The van der Waals surface area contributed by atoms with Crippen molar-refractivity contribution in [3.05, 3.63) is 34.4 Å². The number of aromatic amines is 2. The summed E-state index contributed by atoms with van der Waals surface area (Å²) in [4.78, 5) is 31.5. The first-order valence-electron chi connectivity index (χ1n) is 8.64. The summed E-state index contributed by atoms with van der Waals surface area (Å²) in [6, 6.07) is 0. The van der Waals surface area contributed by atoms with Crippen molar-refractivity contribution in [2.75, 3.05) is 36.0 Å². The average Bonchev–Trinajstić information content (AvgIpc) is 3.39. The lowest BCUT2D eigenvalue weighted by molar-refractivity contribution is 0.570. The van der Waals surface area contributed by atoms with E-state index in [0.29, 0.717) is 43.5 Å². The third-order valence-corrected chi connectivity index (χ3v) is 4.95. The Labute approximate surface area is 147 Å². The molecule has 0 unspecified atom stereocenters. The Balaban J connectivity index is 1.38. The molecule has 1 aliphatic carbocycles. The van der Waals surface area contributed by atoms with Crippen LogP contribution in [-0.2, 0) is 0 Å². The third kappa shape index (κ3) is 2.49. The van der Waals surface area contributed by atoms with Crippen molar-refractivity contribution in [3.8, 4) is 0 Å². The van der Waals surface area contributed by atoms with Gasteiger partial charge in [-0.05, 0) is 12.8 Å². The Morgan fingerprint density at radius 2 is 1.88 bits per heavy atom. The van der Waals surface area contributed by atoms with Crippen molar-refractivity contribution < 1.29 is 4.39 Å². The first kappa shape index (κ1) is 15.2. The Kier molecular flexibility index (Phi) is 3.37. The van der Waals surface area contributed by atoms with Crippen LogP contribution in [0.5, 0.6) is 0 Å². The molecule has 0 bridgehead atoms. The van der Waals surface area contributed by atoms with E-state index >= 15 is 0 Å². The monoisotopic (exact) mass is 356 g/mol. The van der Waals surface area contributed by atoms with E-state index in [2.05, 4.69) is 35.0 Å². The molecule has 134 valence electrons. The van der Waals surface area contributed by atoms with E-state index in [4.69, 9.17) is 0 Å². The number of halogens is 1. The summed E-state index contributed by atoms with van der Waals surface area (Å²) in [5.74, 6) is 0.641. The smallest absolute Gasteiger partial charge is 0.288 e. The van der Waals surface area contributed by atoms with Gasteiger partial charge in [-0.15, -0.1) is 0 Å². The number of anilines is 2. The van der Waals surface area contributed by atoms with E-state index in [9.17, 15) is 9.18 Å². The second kappa shape index (κ2) is 5.75. The van der Waals surface area contributed by atoms with E-state index in [1.54, 1.807) is 6.20 Å². The summed E-state index contributed by atoms with van der Waals surface area (Å²) in [5, 5.41) is 7.74. The quantitative estimate of drug-likeness (QED) is 0.714. The van der Waals surface area contributed by atoms with Crippen LogP contribution >= 0.6 is 0 Å².